The molecule has 0 radical (unpaired) electrons. The maximum Gasteiger partial charge on any atom is 0.408 e. The number of benzene rings is 1. The van der Waals surface area contributed by atoms with Crippen molar-refractivity contribution in [3.8, 4) is 23.0 Å². The van der Waals surface area contributed by atoms with Gasteiger partial charge in [-0.25, -0.2) is 19.6 Å². The molecule has 0 saturated carbocycles. The number of nitrogens with one attached hydrogen (secondary N) is 2. The summed E-state index contributed by atoms with van der Waals surface area (Å²) in [5, 5.41) is 14.5. The Bertz CT molecular complexity index is 1330. The Morgan fingerprint density at radius 2 is 1.76 bits per heavy atom. The van der Waals surface area contributed by atoms with E-state index in [0.29, 0.717) is 22.8 Å². The van der Waals surface area contributed by atoms with E-state index in [2.05, 4.69) is 20.6 Å². The normalized spacial score (nSPS) is 11.8. The van der Waals surface area contributed by atoms with E-state index in [9.17, 15) is 14.4 Å². The van der Waals surface area contributed by atoms with Crippen LogP contribution in [-0.4, -0.2) is 52.9 Å². The van der Waals surface area contributed by atoms with Crippen LogP contribution in [0.4, 0.5) is 4.79 Å². The van der Waals surface area contributed by atoms with Crippen LogP contribution in [0.5, 0.6) is 11.5 Å². The van der Waals surface area contributed by atoms with Gasteiger partial charge in [0, 0.05) is 5.56 Å². The predicted molar refractivity (Wildman–Crippen MR) is 135 cm³/mol. The van der Waals surface area contributed by atoms with E-state index >= 15 is 0 Å². The first-order chi connectivity index (χ1) is 17.9. The number of aromatic carboxylic acids is 1. The molecule has 0 aliphatic carbocycles. The third-order valence-electron chi connectivity index (χ3n) is 5.08. The van der Waals surface area contributed by atoms with Crippen molar-refractivity contribution in [1.29, 1.82) is 0 Å². The first kappa shape index (κ1) is 28.0. The summed E-state index contributed by atoms with van der Waals surface area (Å²) in [6.07, 6.45) is -0.699. The average molecular weight is 527 g/mol. The van der Waals surface area contributed by atoms with Crippen molar-refractivity contribution >= 4 is 18.0 Å². The van der Waals surface area contributed by atoms with E-state index < -0.39 is 29.6 Å². The third-order valence-corrected chi connectivity index (χ3v) is 5.08. The Morgan fingerprint density at radius 1 is 1.05 bits per heavy atom. The van der Waals surface area contributed by atoms with Crippen LogP contribution < -0.4 is 20.1 Å². The first-order valence-corrected chi connectivity index (χ1v) is 11.6. The molecule has 0 aliphatic heterocycles. The van der Waals surface area contributed by atoms with Gasteiger partial charge in [-0.3, -0.25) is 4.79 Å². The fourth-order valence-corrected chi connectivity index (χ4v) is 3.38. The summed E-state index contributed by atoms with van der Waals surface area (Å²) in [7, 11) is 3.00. The van der Waals surface area contributed by atoms with Crippen LogP contribution in [-0.2, 0) is 11.3 Å². The average Bonchev–Trinajstić information content (AvgIpc) is 3.31. The van der Waals surface area contributed by atoms with Gasteiger partial charge in [-0.05, 0) is 58.0 Å². The van der Waals surface area contributed by atoms with E-state index in [-0.39, 0.29) is 29.6 Å². The Labute approximate surface area is 219 Å². The van der Waals surface area contributed by atoms with Gasteiger partial charge in [-0.2, -0.15) is 0 Å². The van der Waals surface area contributed by atoms with Gasteiger partial charge >= 0.3 is 12.1 Å². The van der Waals surface area contributed by atoms with E-state index in [1.807, 2.05) is 0 Å². The first-order valence-electron chi connectivity index (χ1n) is 11.6. The molecule has 3 N–H and O–H groups in total. The molecule has 0 bridgehead atoms. The van der Waals surface area contributed by atoms with Crippen molar-refractivity contribution in [2.45, 2.75) is 45.9 Å². The van der Waals surface area contributed by atoms with Crippen LogP contribution in [0.15, 0.2) is 40.8 Å². The van der Waals surface area contributed by atoms with Gasteiger partial charge in [0.2, 0.25) is 5.89 Å². The second-order valence-electron chi connectivity index (χ2n) is 9.17. The minimum atomic E-state index is -1.18. The smallest absolute Gasteiger partial charge is 0.408 e. The van der Waals surface area contributed by atoms with Crippen LogP contribution in [0.1, 0.15) is 66.2 Å². The highest BCUT2D eigenvalue weighted by Gasteiger charge is 2.28. The molecular formula is C26H30N4O8. The Hall–Kier alpha value is -4.61. The maximum atomic E-state index is 13.2. The standard InChI is InChI=1S/C26H30N4O8/c1-14(28-25(34)38-26(2,3)4)21-20(22(31)27-13-16-8-7-9-17(29-16)24(32)33)30-23(37-21)15-10-11-18(35-5)19(12-15)36-6/h7-12,14H,13H2,1-6H3,(H,27,31)(H,28,34)(H,32,33). The van der Waals surface area contributed by atoms with Crippen LogP contribution in [0.2, 0.25) is 0 Å². The SMILES string of the molecule is COc1ccc(-c2nc(C(=O)NCc3cccc(C(=O)O)n3)c(C(C)NC(=O)OC(C)(C)C)o2)cc1OC. The van der Waals surface area contributed by atoms with Crippen LogP contribution in [0, 0.1) is 0 Å². The molecular weight excluding hydrogens is 496 g/mol. The number of rotatable bonds is 9. The van der Waals surface area contributed by atoms with Crippen molar-refractivity contribution in [1.82, 2.24) is 20.6 Å². The largest absolute Gasteiger partial charge is 0.493 e. The number of alkyl carbamates (subject to hydrolysis) is 1. The minimum Gasteiger partial charge on any atom is -0.493 e. The maximum absolute atomic E-state index is 13.2. The van der Waals surface area contributed by atoms with Crippen molar-refractivity contribution in [3.63, 3.8) is 0 Å². The van der Waals surface area contributed by atoms with E-state index in [0.717, 1.165) is 0 Å². The number of nitrogens with zero attached hydrogens (tertiary/aromatic N) is 2. The van der Waals surface area contributed by atoms with Gasteiger partial charge < -0.3 is 34.4 Å². The monoisotopic (exact) mass is 526 g/mol. The number of hydrogen-bond acceptors (Lipinski definition) is 9. The highest BCUT2D eigenvalue weighted by Crippen LogP contribution is 2.34. The van der Waals surface area contributed by atoms with Gasteiger partial charge in [0.15, 0.2) is 23.0 Å². The van der Waals surface area contributed by atoms with Crippen molar-refractivity contribution in [2.24, 2.45) is 0 Å². The number of hydrogen-bond donors (Lipinski definition) is 3. The molecule has 3 rings (SSSR count). The Balaban J connectivity index is 1.93. The molecule has 1 atom stereocenters. The minimum absolute atomic E-state index is 0.0637. The van der Waals surface area contributed by atoms with Gasteiger partial charge in [0.05, 0.1) is 32.5 Å². The molecule has 2 amide bonds. The molecule has 38 heavy (non-hydrogen) atoms. The molecule has 12 nitrogen and oxygen atoms in total. The lowest BCUT2D eigenvalue weighted by atomic mass is 10.2. The van der Waals surface area contributed by atoms with Gasteiger partial charge in [0.25, 0.3) is 5.91 Å². The molecule has 202 valence electrons. The molecule has 2 heterocycles. The fourth-order valence-electron chi connectivity index (χ4n) is 3.38. The molecule has 0 fully saturated rings. The Morgan fingerprint density at radius 3 is 2.39 bits per heavy atom. The number of ether oxygens (including phenoxy) is 3. The summed E-state index contributed by atoms with van der Waals surface area (Å²) < 4.78 is 21.9. The zero-order valence-electron chi connectivity index (χ0n) is 21.9. The predicted octanol–water partition coefficient (Wildman–Crippen LogP) is 3.97. The molecule has 3 aromatic rings. The van der Waals surface area contributed by atoms with Crippen molar-refractivity contribution in [3.05, 3.63) is 59.2 Å². The third kappa shape index (κ3) is 6.99. The number of methoxy groups -OCH3 is 2. The van der Waals surface area contributed by atoms with Crippen molar-refractivity contribution < 1.29 is 38.1 Å². The van der Waals surface area contributed by atoms with Gasteiger partial charge in [0.1, 0.15) is 11.3 Å². The molecule has 0 saturated heterocycles. The fraction of sp³-hybridized carbons (Fsp3) is 0.346. The highest BCUT2D eigenvalue weighted by molar-refractivity contribution is 5.94. The second kappa shape index (κ2) is 11.6. The number of carboxylic acid groups (broad SMARTS) is 1. The lowest BCUT2D eigenvalue weighted by Crippen LogP contribution is -2.34. The number of carboxylic acids is 1. The van der Waals surface area contributed by atoms with Crippen LogP contribution >= 0.6 is 0 Å². The molecule has 12 heteroatoms. The van der Waals surface area contributed by atoms with E-state index in [1.165, 1.54) is 26.4 Å². The Kier molecular flexibility index (Phi) is 8.56. The number of amides is 2. The number of carbonyl (C=O) groups excluding carboxylic acids is 2. The number of oxazole rings is 1. The molecule has 2 aromatic heterocycles. The lowest BCUT2D eigenvalue weighted by molar-refractivity contribution is 0.0500. The van der Waals surface area contributed by atoms with Crippen LogP contribution in [0.25, 0.3) is 11.5 Å². The number of aromatic nitrogens is 2. The molecule has 1 aromatic carbocycles. The summed E-state index contributed by atoms with van der Waals surface area (Å²) in [6, 6.07) is 8.67. The number of carbonyl (C=O) groups is 3. The lowest BCUT2D eigenvalue weighted by Gasteiger charge is -2.21. The summed E-state index contributed by atoms with van der Waals surface area (Å²) in [5.74, 6) is -0.674. The van der Waals surface area contributed by atoms with E-state index in [1.54, 1.807) is 52.0 Å². The summed E-state index contributed by atoms with van der Waals surface area (Å²) in [5.41, 5.74) is -0.114. The quantitative estimate of drug-likeness (QED) is 0.372. The second-order valence-corrected chi connectivity index (χ2v) is 9.17. The molecule has 0 aliphatic rings. The van der Waals surface area contributed by atoms with Gasteiger partial charge in [-0.15, -0.1) is 0 Å². The highest BCUT2D eigenvalue weighted by atomic mass is 16.6. The molecule has 0 spiro atoms. The summed E-state index contributed by atoms with van der Waals surface area (Å²) in [6.45, 7) is 6.75. The van der Waals surface area contributed by atoms with Crippen LogP contribution in [0.3, 0.4) is 0 Å². The zero-order chi connectivity index (χ0) is 28.0. The summed E-state index contributed by atoms with van der Waals surface area (Å²) >= 11 is 0. The topological polar surface area (TPSA) is 162 Å². The molecule has 1 unspecified atom stereocenters. The van der Waals surface area contributed by atoms with Crippen molar-refractivity contribution in [2.75, 3.05) is 14.2 Å². The zero-order valence-corrected chi connectivity index (χ0v) is 21.9. The summed E-state index contributed by atoms with van der Waals surface area (Å²) in [4.78, 5) is 45.1. The van der Waals surface area contributed by atoms with Gasteiger partial charge in [-0.1, -0.05) is 6.07 Å². The number of pyridine rings is 1. The van der Waals surface area contributed by atoms with E-state index in [4.69, 9.17) is 23.7 Å².